The molecule has 1 amide bonds. The van der Waals surface area contributed by atoms with Crippen LogP contribution in [0, 0.1) is 5.82 Å². The van der Waals surface area contributed by atoms with Gasteiger partial charge in [-0.2, -0.15) is 0 Å². The third kappa shape index (κ3) is 4.28. The van der Waals surface area contributed by atoms with Crippen molar-refractivity contribution >= 4 is 23.5 Å². The Balaban J connectivity index is 1.78. The van der Waals surface area contributed by atoms with Crippen molar-refractivity contribution in [2.75, 3.05) is 13.7 Å². The first-order valence-corrected chi connectivity index (χ1v) is 8.62. The largest absolute Gasteiger partial charge is 0.467 e. The molecule has 1 atom stereocenters. The number of ether oxygens (including phenoxy) is 2. The Kier molecular flexibility index (Phi) is 5.76. The van der Waals surface area contributed by atoms with Gasteiger partial charge >= 0.3 is 5.97 Å². The highest BCUT2D eigenvalue weighted by Crippen LogP contribution is 2.27. The minimum atomic E-state index is -0.969. The first kappa shape index (κ1) is 18.9. The number of methoxy groups -OCH3 is 1. The Morgan fingerprint density at radius 2 is 1.93 bits per heavy atom. The number of rotatable bonds is 6. The minimum absolute atomic E-state index is 0.00169. The van der Waals surface area contributed by atoms with E-state index in [4.69, 9.17) is 21.1 Å². The fourth-order valence-corrected chi connectivity index (χ4v) is 3.01. The zero-order valence-electron chi connectivity index (χ0n) is 14.5. The lowest BCUT2D eigenvalue weighted by atomic mass is 10.0. The fourth-order valence-electron chi connectivity index (χ4n) is 2.84. The van der Waals surface area contributed by atoms with Crippen LogP contribution < -0.4 is 4.74 Å². The molecule has 0 saturated heterocycles. The molecule has 7 heteroatoms. The second-order valence-corrected chi connectivity index (χ2v) is 6.35. The Labute approximate surface area is 160 Å². The van der Waals surface area contributed by atoms with E-state index in [0.29, 0.717) is 22.1 Å². The summed E-state index contributed by atoms with van der Waals surface area (Å²) in [6, 6.07) is 12.0. The van der Waals surface area contributed by atoms with Crippen molar-refractivity contribution in [2.45, 2.75) is 12.5 Å². The van der Waals surface area contributed by atoms with Gasteiger partial charge in [-0.25, -0.2) is 9.18 Å². The van der Waals surface area contributed by atoms with Gasteiger partial charge in [0.1, 0.15) is 23.4 Å². The highest BCUT2D eigenvalue weighted by Gasteiger charge is 2.35. The third-order valence-electron chi connectivity index (χ3n) is 4.19. The van der Waals surface area contributed by atoms with Gasteiger partial charge in [-0.3, -0.25) is 4.79 Å². The SMILES string of the molecule is COC(=O)[C@H](Cc1ccccc1F)N1CC(Oc2ccccc2Cl)=CC1=O. The van der Waals surface area contributed by atoms with Crippen LogP contribution >= 0.6 is 11.6 Å². The molecule has 0 saturated carbocycles. The van der Waals surface area contributed by atoms with E-state index in [1.54, 1.807) is 42.5 Å². The number of nitrogens with zero attached hydrogens (tertiary/aromatic N) is 1. The lowest BCUT2D eigenvalue weighted by Gasteiger charge is -2.26. The van der Waals surface area contributed by atoms with Gasteiger partial charge in [-0.15, -0.1) is 0 Å². The van der Waals surface area contributed by atoms with Crippen molar-refractivity contribution in [2.24, 2.45) is 0 Å². The van der Waals surface area contributed by atoms with Crippen LogP contribution in [0.15, 0.2) is 60.4 Å². The molecule has 0 aromatic heterocycles. The van der Waals surface area contributed by atoms with E-state index in [9.17, 15) is 14.0 Å². The summed E-state index contributed by atoms with van der Waals surface area (Å²) in [5.74, 6) is -0.735. The van der Waals surface area contributed by atoms with Gasteiger partial charge in [0.25, 0.3) is 5.91 Å². The monoisotopic (exact) mass is 389 g/mol. The van der Waals surface area contributed by atoms with Crippen molar-refractivity contribution in [3.05, 3.63) is 76.8 Å². The molecular weight excluding hydrogens is 373 g/mol. The van der Waals surface area contributed by atoms with E-state index in [-0.39, 0.29) is 13.0 Å². The molecule has 1 aliphatic rings. The minimum Gasteiger partial charge on any atom is -0.467 e. The number of para-hydroxylation sites is 1. The predicted molar refractivity (Wildman–Crippen MR) is 97.8 cm³/mol. The number of carbonyl (C=O) groups is 2. The number of hydrogen-bond acceptors (Lipinski definition) is 4. The summed E-state index contributed by atoms with van der Waals surface area (Å²) in [4.78, 5) is 26.0. The van der Waals surface area contributed by atoms with Crippen LogP contribution in [0.5, 0.6) is 5.75 Å². The van der Waals surface area contributed by atoms with E-state index in [1.807, 2.05) is 0 Å². The summed E-state index contributed by atoms with van der Waals surface area (Å²) >= 11 is 6.07. The summed E-state index contributed by atoms with van der Waals surface area (Å²) in [7, 11) is 1.23. The molecule has 140 valence electrons. The molecule has 0 spiro atoms. The smallest absolute Gasteiger partial charge is 0.328 e. The maximum Gasteiger partial charge on any atom is 0.328 e. The number of hydrogen-bond donors (Lipinski definition) is 0. The van der Waals surface area contributed by atoms with Crippen LogP contribution in [0.1, 0.15) is 5.56 Å². The second-order valence-electron chi connectivity index (χ2n) is 5.94. The number of benzene rings is 2. The summed E-state index contributed by atoms with van der Waals surface area (Å²) < 4.78 is 24.5. The first-order chi connectivity index (χ1) is 13.0. The van der Waals surface area contributed by atoms with Gasteiger partial charge in [0.15, 0.2) is 0 Å². The van der Waals surface area contributed by atoms with Gasteiger partial charge in [0.2, 0.25) is 0 Å². The van der Waals surface area contributed by atoms with Gasteiger partial charge in [0, 0.05) is 12.5 Å². The summed E-state index contributed by atoms with van der Waals surface area (Å²) in [6.45, 7) is 0.0538. The number of esters is 1. The van der Waals surface area contributed by atoms with Crippen molar-refractivity contribution in [3.63, 3.8) is 0 Å². The van der Waals surface area contributed by atoms with E-state index >= 15 is 0 Å². The molecule has 3 rings (SSSR count). The van der Waals surface area contributed by atoms with Crippen molar-refractivity contribution in [1.82, 2.24) is 4.90 Å². The Bertz CT molecular complexity index is 899. The van der Waals surface area contributed by atoms with Crippen LogP contribution in [-0.2, 0) is 20.7 Å². The van der Waals surface area contributed by atoms with E-state index in [1.165, 1.54) is 24.2 Å². The number of halogens is 2. The lowest BCUT2D eigenvalue weighted by molar-refractivity contribution is -0.150. The van der Waals surface area contributed by atoms with Crippen LogP contribution in [0.2, 0.25) is 5.02 Å². The van der Waals surface area contributed by atoms with Crippen molar-refractivity contribution < 1.29 is 23.5 Å². The Hall–Kier alpha value is -2.86. The summed E-state index contributed by atoms with van der Waals surface area (Å²) in [5.41, 5.74) is 0.321. The van der Waals surface area contributed by atoms with Gasteiger partial charge < -0.3 is 14.4 Å². The van der Waals surface area contributed by atoms with Crippen molar-refractivity contribution in [3.8, 4) is 5.75 Å². The molecule has 1 heterocycles. The molecule has 0 bridgehead atoms. The molecular formula is C20H17ClFNO4. The van der Waals surface area contributed by atoms with E-state index in [0.717, 1.165) is 0 Å². The molecule has 0 radical (unpaired) electrons. The average molecular weight is 390 g/mol. The average Bonchev–Trinajstić information content (AvgIpc) is 3.02. The van der Waals surface area contributed by atoms with Crippen LogP contribution in [0.25, 0.3) is 0 Å². The quantitative estimate of drug-likeness (QED) is 0.711. The number of amides is 1. The number of carbonyl (C=O) groups excluding carboxylic acids is 2. The fraction of sp³-hybridized carbons (Fsp3) is 0.200. The molecule has 0 unspecified atom stereocenters. The molecule has 5 nitrogen and oxygen atoms in total. The maximum atomic E-state index is 14.0. The molecule has 2 aromatic carbocycles. The zero-order valence-corrected chi connectivity index (χ0v) is 15.3. The van der Waals surface area contributed by atoms with Gasteiger partial charge in [-0.05, 0) is 23.8 Å². The molecule has 27 heavy (non-hydrogen) atoms. The molecule has 0 fully saturated rings. The molecule has 1 aliphatic heterocycles. The highest BCUT2D eigenvalue weighted by atomic mass is 35.5. The summed E-state index contributed by atoms with van der Waals surface area (Å²) in [5, 5.41) is 0.403. The topological polar surface area (TPSA) is 55.8 Å². The normalized spacial score (nSPS) is 14.7. The molecule has 2 aromatic rings. The standard InChI is InChI=1S/C20H17ClFNO4/c1-26-20(25)17(10-13-6-2-4-8-16(13)22)23-12-14(11-19(23)24)27-18-9-5-3-7-15(18)21/h2-9,11,17H,10,12H2,1H3/t17-/m0/s1. The van der Waals surface area contributed by atoms with Gasteiger partial charge in [0.05, 0.1) is 18.7 Å². The lowest BCUT2D eigenvalue weighted by Crippen LogP contribution is -2.45. The maximum absolute atomic E-state index is 14.0. The molecule has 0 N–H and O–H groups in total. The highest BCUT2D eigenvalue weighted by molar-refractivity contribution is 6.32. The van der Waals surface area contributed by atoms with E-state index < -0.39 is 23.7 Å². The summed E-state index contributed by atoms with van der Waals surface area (Å²) in [6.07, 6.45) is 1.29. The van der Waals surface area contributed by atoms with Crippen LogP contribution in [0.4, 0.5) is 4.39 Å². The van der Waals surface area contributed by atoms with Crippen LogP contribution in [-0.4, -0.2) is 36.5 Å². The van der Waals surface area contributed by atoms with E-state index in [2.05, 4.69) is 0 Å². The Morgan fingerprint density at radius 1 is 1.22 bits per heavy atom. The first-order valence-electron chi connectivity index (χ1n) is 8.24. The van der Waals surface area contributed by atoms with Crippen molar-refractivity contribution in [1.29, 1.82) is 0 Å². The van der Waals surface area contributed by atoms with Crippen LogP contribution in [0.3, 0.4) is 0 Å². The molecule has 0 aliphatic carbocycles. The zero-order chi connectivity index (χ0) is 19.4. The van der Waals surface area contributed by atoms with Gasteiger partial charge in [-0.1, -0.05) is 41.9 Å². The third-order valence-corrected chi connectivity index (χ3v) is 4.50. The second kappa shape index (κ2) is 8.22. The Morgan fingerprint density at radius 3 is 2.63 bits per heavy atom. The predicted octanol–water partition coefficient (Wildman–Crippen LogP) is 3.37.